The van der Waals surface area contributed by atoms with E-state index in [1.165, 1.54) is 0 Å². The van der Waals surface area contributed by atoms with Crippen LogP contribution in [-0.2, 0) is 32.2 Å². The van der Waals surface area contributed by atoms with Crippen molar-refractivity contribution < 1.29 is 24.1 Å². The second-order valence-corrected chi connectivity index (χ2v) is 6.11. The zero-order valence-electron chi connectivity index (χ0n) is 14.1. The van der Waals surface area contributed by atoms with Crippen LogP contribution in [0.4, 0.5) is 0 Å². The predicted molar refractivity (Wildman–Crippen MR) is 91.6 cm³/mol. The van der Waals surface area contributed by atoms with Gasteiger partial charge in [0, 0.05) is 0 Å². The summed E-state index contributed by atoms with van der Waals surface area (Å²) in [5, 5.41) is 10.6. The highest BCUT2D eigenvalue weighted by atomic mass is 16.6. The number of aliphatic hydroxyl groups is 1. The fourth-order valence-corrected chi connectivity index (χ4v) is 2.83. The monoisotopic (exact) mass is 342 g/mol. The molecule has 0 saturated carbocycles. The van der Waals surface area contributed by atoms with Crippen molar-refractivity contribution in [2.75, 3.05) is 0 Å². The van der Waals surface area contributed by atoms with Gasteiger partial charge in [0.1, 0.15) is 18.3 Å². The predicted octanol–water partition coefficient (Wildman–Crippen LogP) is 2.46. The van der Waals surface area contributed by atoms with Gasteiger partial charge in [-0.25, -0.2) is 4.79 Å². The minimum Gasteiger partial charge on any atom is -0.458 e. The zero-order chi connectivity index (χ0) is 17.6. The summed E-state index contributed by atoms with van der Waals surface area (Å²) in [5.74, 6) is -0.560. The third-order valence-corrected chi connectivity index (χ3v) is 4.20. The smallest absolute Gasteiger partial charge is 0.338 e. The number of rotatable bonds is 6. The van der Waals surface area contributed by atoms with Crippen LogP contribution >= 0.6 is 0 Å². The van der Waals surface area contributed by atoms with E-state index in [4.69, 9.17) is 14.2 Å². The number of cyclic esters (lactones) is 1. The maximum Gasteiger partial charge on any atom is 0.338 e. The second kappa shape index (κ2) is 8.25. The molecule has 0 bridgehead atoms. The molecule has 4 atom stereocenters. The van der Waals surface area contributed by atoms with E-state index < -0.39 is 30.4 Å². The van der Waals surface area contributed by atoms with E-state index >= 15 is 0 Å². The van der Waals surface area contributed by atoms with Crippen LogP contribution in [0, 0.1) is 0 Å². The molecule has 132 valence electrons. The van der Waals surface area contributed by atoms with Gasteiger partial charge in [0.2, 0.25) is 0 Å². The molecule has 0 radical (unpaired) electrons. The quantitative estimate of drug-likeness (QED) is 0.817. The maximum absolute atomic E-state index is 12.1. The SMILES string of the molecule is C[C@@H]1OC(=O)[C@@H](OCc2ccccc2)[C@@H](O)[C@@H]1OCc1ccccc1. The van der Waals surface area contributed by atoms with E-state index in [1.54, 1.807) is 6.92 Å². The Balaban J connectivity index is 1.62. The lowest BCUT2D eigenvalue weighted by atomic mass is 10.00. The minimum absolute atomic E-state index is 0.220. The first-order valence-electron chi connectivity index (χ1n) is 8.35. The van der Waals surface area contributed by atoms with Crippen molar-refractivity contribution in [2.24, 2.45) is 0 Å². The molecule has 25 heavy (non-hydrogen) atoms. The molecule has 1 aliphatic rings. The topological polar surface area (TPSA) is 65.0 Å². The summed E-state index contributed by atoms with van der Waals surface area (Å²) in [4.78, 5) is 12.1. The van der Waals surface area contributed by atoms with Gasteiger partial charge in [0.05, 0.1) is 13.2 Å². The van der Waals surface area contributed by atoms with Crippen molar-refractivity contribution in [3.8, 4) is 0 Å². The molecule has 1 fully saturated rings. The Labute approximate surface area is 147 Å². The Morgan fingerprint density at radius 3 is 2.00 bits per heavy atom. The fourth-order valence-electron chi connectivity index (χ4n) is 2.83. The Kier molecular flexibility index (Phi) is 5.81. The number of aliphatic hydroxyl groups excluding tert-OH is 1. The number of carbonyl (C=O) groups excluding carboxylic acids is 1. The molecule has 1 heterocycles. The summed E-state index contributed by atoms with van der Waals surface area (Å²) in [6, 6.07) is 19.1. The van der Waals surface area contributed by atoms with Crippen molar-refractivity contribution in [3.63, 3.8) is 0 Å². The van der Waals surface area contributed by atoms with Gasteiger partial charge < -0.3 is 19.3 Å². The third-order valence-electron chi connectivity index (χ3n) is 4.20. The molecule has 0 spiro atoms. The van der Waals surface area contributed by atoms with Crippen molar-refractivity contribution in [2.45, 2.75) is 44.6 Å². The third kappa shape index (κ3) is 4.45. The molecule has 2 aromatic rings. The number of hydrogen-bond donors (Lipinski definition) is 1. The van der Waals surface area contributed by atoms with Gasteiger partial charge in [0.15, 0.2) is 6.10 Å². The molecule has 1 aliphatic heterocycles. The Morgan fingerprint density at radius 2 is 1.44 bits per heavy atom. The molecule has 0 unspecified atom stereocenters. The number of ether oxygens (including phenoxy) is 3. The molecule has 1 saturated heterocycles. The number of carbonyl (C=O) groups is 1. The average Bonchev–Trinajstić information content (AvgIpc) is 2.63. The molecule has 5 heteroatoms. The Bertz CT molecular complexity index is 673. The van der Waals surface area contributed by atoms with Crippen LogP contribution in [0.2, 0.25) is 0 Å². The van der Waals surface area contributed by atoms with Gasteiger partial charge in [-0.15, -0.1) is 0 Å². The van der Waals surface area contributed by atoms with Gasteiger partial charge >= 0.3 is 5.97 Å². The summed E-state index contributed by atoms with van der Waals surface area (Å²) in [7, 11) is 0. The van der Waals surface area contributed by atoms with Crippen molar-refractivity contribution >= 4 is 5.97 Å². The normalized spacial score (nSPS) is 26.2. The van der Waals surface area contributed by atoms with E-state index in [2.05, 4.69) is 0 Å². The molecule has 2 aromatic carbocycles. The van der Waals surface area contributed by atoms with E-state index in [0.717, 1.165) is 11.1 Å². The lowest BCUT2D eigenvalue weighted by Gasteiger charge is -2.37. The molecule has 5 nitrogen and oxygen atoms in total. The largest absolute Gasteiger partial charge is 0.458 e. The minimum atomic E-state index is -1.08. The highest BCUT2D eigenvalue weighted by molar-refractivity contribution is 5.76. The van der Waals surface area contributed by atoms with Crippen LogP contribution in [-0.4, -0.2) is 35.5 Å². The van der Waals surface area contributed by atoms with Crippen LogP contribution in [0.1, 0.15) is 18.1 Å². The molecular weight excluding hydrogens is 320 g/mol. The van der Waals surface area contributed by atoms with Gasteiger partial charge in [-0.2, -0.15) is 0 Å². The number of hydrogen-bond acceptors (Lipinski definition) is 5. The Hall–Kier alpha value is -2.21. The van der Waals surface area contributed by atoms with Gasteiger partial charge in [0.25, 0.3) is 0 Å². The molecule has 1 N–H and O–H groups in total. The van der Waals surface area contributed by atoms with Crippen LogP contribution in [0.3, 0.4) is 0 Å². The lowest BCUT2D eigenvalue weighted by molar-refractivity contribution is -0.218. The fraction of sp³-hybridized carbons (Fsp3) is 0.350. The average molecular weight is 342 g/mol. The molecule has 0 amide bonds. The lowest BCUT2D eigenvalue weighted by Crippen LogP contribution is -2.56. The first kappa shape index (κ1) is 17.6. The maximum atomic E-state index is 12.1. The first-order valence-corrected chi connectivity index (χ1v) is 8.35. The van der Waals surface area contributed by atoms with Gasteiger partial charge in [-0.05, 0) is 18.1 Å². The summed E-state index contributed by atoms with van der Waals surface area (Å²) in [6.45, 7) is 2.26. The van der Waals surface area contributed by atoms with E-state index in [0.29, 0.717) is 6.61 Å². The molecule has 0 aliphatic carbocycles. The van der Waals surface area contributed by atoms with Crippen molar-refractivity contribution in [1.29, 1.82) is 0 Å². The highest BCUT2D eigenvalue weighted by Crippen LogP contribution is 2.23. The summed E-state index contributed by atoms with van der Waals surface area (Å²) in [5.41, 5.74) is 1.91. The summed E-state index contributed by atoms with van der Waals surface area (Å²) >= 11 is 0. The molecule has 3 rings (SSSR count). The van der Waals surface area contributed by atoms with Crippen molar-refractivity contribution in [1.82, 2.24) is 0 Å². The standard InChI is InChI=1S/C20H22O5/c1-14-18(23-12-15-8-4-2-5-9-15)17(21)19(20(22)25-14)24-13-16-10-6-3-7-11-16/h2-11,14,17-19,21H,12-13H2,1H3/t14-,17-,18+,19-/m0/s1. The van der Waals surface area contributed by atoms with E-state index in [-0.39, 0.29) is 6.61 Å². The zero-order valence-corrected chi connectivity index (χ0v) is 14.1. The van der Waals surface area contributed by atoms with E-state index in [1.807, 2.05) is 60.7 Å². The Morgan fingerprint density at radius 1 is 0.920 bits per heavy atom. The van der Waals surface area contributed by atoms with E-state index in [9.17, 15) is 9.90 Å². The van der Waals surface area contributed by atoms with Crippen LogP contribution in [0.5, 0.6) is 0 Å². The van der Waals surface area contributed by atoms with Crippen LogP contribution in [0.25, 0.3) is 0 Å². The van der Waals surface area contributed by atoms with Crippen LogP contribution in [0.15, 0.2) is 60.7 Å². The number of esters is 1. The second-order valence-electron chi connectivity index (χ2n) is 6.11. The van der Waals surface area contributed by atoms with Crippen molar-refractivity contribution in [3.05, 3.63) is 71.8 Å². The summed E-state index contributed by atoms with van der Waals surface area (Å²) < 4.78 is 16.7. The number of benzene rings is 2. The van der Waals surface area contributed by atoms with Gasteiger partial charge in [-0.3, -0.25) is 0 Å². The first-order chi connectivity index (χ1) is 12.1. The molecular formula is C20H22O5. The highest BCUT2D eigenvalue weighted by Gasteiger charge is 2.45. The summed E-state index contributed by atoms with van der Waals surface area (Å²) in [6.07, 6.45) is -3.32. The van der Waals surface area contributed by atoms with Crippen LogP contribution < -0.4 is 0 Å². The van der Waals surface area contributed by atoms with Gasteiger partial charge in [-0.1, -0.05) is 60.7 Å². The molecule has 0 aromatic heterocycles.